The van der Waals surface area contributed by atoms with Gasteiger partial charge in [-0.15, -0.1) is 6.58 Å². The summed E-state index contributed by atoms with van der Waals surface area (Å²) in [6.07, 6.45) is 15.0. The molecule has 1 amide bonds. The second-order valence-corrected chi connectivity index (χ2v) is 17.5. The lowest BCUT2D eigenvalue weighted by Crippen LogP contribution is -2.70. The van der Waals surface area contributed by atoms with Gasteiger partial charge in [-0.1, -0.05) is 37.1 Å². The second kappa shape index (κ2) is 23.2. The predicted octanol–water partition coefficient (Wildman–Crippen LogP) is 9.32. The van der Waals surface area contributed by atoms with Crippen LogP contribution in [0.4, 0.5) is 5.69 Å². The normalized spacial score (nSPS) is 24.7. The standard InChI is InChI=1S/C52H63N3O12/c1-4-25-54(48(59)24-17-35-15-18-38(19-16-35)55(60)61)47-33-44(53-67-49-14-8-11-29-63-49)42-31-36(12-6-9-26-56)41(13-7-10-27-57)50-43-32-40(65-39-20-22-45(62-3)37(30-39)34-58)21-23-46(43)66-52(47,51(42)50)64-28-5-2/h5,15-24,30-32,34,36,41,47,49-51,56-57H,2,4,6-14,25-29,33H2,1,3H3/t36-,41+,47-,49?,50+,51+,52+/m0/s1. The molecule has 4 aliphatic rings. The van der Waals surface area contributed by atoms with Gasteiger partial charge in [0.25, 0.3) is 5.69 Å². The quantitative estimate of drug-likeness (QED) is 0.0229. The summed E-state index contributed by atoms with van der Waals surface area (Å²) in [4.78, 5) is 45.8. The number of aliphatic hydroxyl groups is 2. The van der Waals surface area contributed by atoms with Crippen molar-refractivity contribution in [2.45, 2.75) is 102 Å². The van der Waals surface area contributed by atoms with E-state index in [0.29, 0.717) is 78.7 Å². The zero-order valence-corrected chi connectivity index (χ0v) is 38.5. The number of carbonyl (C=O) groups is 2. The van der Waals surface area contributed by atoms with Gasteiger partial charge in [-0.3, -0.25) is 19.7 Å². The highest BCUT2D eigenvalue weighted by Crippen LogP contribution is 2.62. The molecule has 2 aliphatic heterocycles. The molecule has 2 aliphatic carbocycles. The van der Waals surface area contributed by atoms with E-state index in [-0.39, 0.29) is 55.6 Å². The number of hydrogen-bond donors (Lipinski definition) is 2. The Morgan fingerprint density at radius 2 is 1.79 bits per heavy atom. The van der Waals surface area contributed by atoms with E-state index in [2.05, 4.69) is 12.7 Å². The van der Waals surface area contributed by atoms with Gasteiger partial charge in [0.2, 0.25) is 18.0 Å². The first-order valence-corrected chi connectivity index (χ1v) is 23.6. The van der Waals surface area contributed by atoms with Crippen molar-refractivity contribution in [2.24, 2.45) is 22.9 Å². The van der Waals surface area contributed by atoms with Gasteiger partial charge < -0.3 is 43.6 Å². The number of hydrogen-bond acceptors (Lipinski definition) is 13. The lowest BCUT2D eigenvalue weighted by Gasteiger charge is -2.60. The maximum atomic E-state index is 14.8. The number of nitro groups is 1. The van der Waals surface area contributed by atoms with Crippen molar-refractivity contribution in [2.75, 3.05) is 40.1 Å². The van der Waals surface area contributed by atoms with Crippen LogP contribution in [-0.4, -0.2) is 96.1 Å². The Morgan fingerprint density at radius 3 is 2.48 bits per heavy atom. The Morgan fingerprint density at radius 1 is 1.03 bits per heavy atom. The highest BCUT2D eigenvalue weighted by atomic mass is 16.8. The number of nitro benzene ring substituents is 1. The van der Waals surface area contributed by atoms with Gasteiger partial charge >= 0.3 is 0 Å². The van der Waals surface area contributed by atoms with Crippen molar-refractivity contribution in [1.82, 2.24) is 4.90 Å². The van der Waals surface area contributed by atoms with Gasteiger partial charge in [-0.05, 0) is 123 Å². The van der Waals surface area contributed by atoms with Crippen LogP contribution >= 0.6 is 0 Å². The van der Waals surface area contributed by atoms with Crippen LogP contribution in [-0.2, 0) is 19.1 Å². The minimum atomic E-state index is -1.48. The molecule has 15 nitrogen and oxygen atoms in total. The third-order valence-electron chi connectivity index (χ3n) is 13.3. The van der Waals surface area contributed by atoms with Crippen LogP contribution in [0, 0.1) is 27.9 Å². The number of fused-ring (bicyclic) bond motifs is 2. The number of allylic oxidation sites excluding steroid dienone is 1. The first kappa shape index (κ1) is 49.0. The molecule has 3 aromatic carbocycles. The molecule has 2 fully saturated rings. The van der Waals surface area contributed by atoms with Gasteiger partial charge in [-0.2, -0.15) is 0 Å². The topological polar surface area (TPSA) is 189 Å². The highest BCUT2D eigenvalue weighted by Gasteiger charge is 2.65. The first-order valence-electron chi connectivity index (χ1n) is 23.6. The zero-order chi connectivity index (χ0) is 47.3. The summed E-state index contributed by atoms with van der Waals surface area (Å²) < 4.78 is 32.3. The summed E-state index contributed by atoms with van der Waals surface area (Å²) >= 11 is 0. The Hall–Kier alpha value is -5.87. The van der Waals surface area contributed by atoms with E-state index in [1.165, 1.54) is 25.3 Å². The first-order chi connectivity index (χ1) is 32.7. The van der Waals surface area contributed by atoms with E-state index < -0.39 is 29.0 Å². The molecule has 7 rings (SSSR count). The number of non-ortho nitro benzene ring substituents is 1. The van der Waals surface area contributed by atoms with Crippen molar-refractivity contribution in [1.29, 1.82) is 0 Å². The number of ether oxygens (including phenoxy) is 5. The zero-order valence-electron chi connectivity index (χ0n) is 38.5. The largest absolute Gasteiger partial charge is 0.496 e. The smallest absolute Gasteiger partial charge is 0.269 e. The molecule has 0 radical (unpaired) electrons. The van der Waals surface area contributed by atoms with Crippen LogP contribution in [0.5, 0.6) is 23.0 Å². The lowest BCUT2D eigenvalue weighted by molar-refractivity contribution is -0.384. The van der Waals surface area contributed by atoms with Crippen molar-refractivity contribution in [3.05, 3.63) is 118 Å². The Kier molecular flexibility index (Phi) is 17.0. The molecule has 358 valence electrons. The number of benzene rings is 3. The van der Waals surface area contributed by atoms with Gasteiger partial charge in [0, 0.05) is 62.3 Å². The van der Waals surface area contributed by atoms with E-state index in [4.69, 9.17) is 33.7 Å². The number of carbonyl (C=O) groups excluding carboxylic acids is 2. The molecule has 1 unspecified atom stereocenters. The van der Waals surface area contributed by atoms with E-state index >= 15 is 0 Å². The molecule has 0 bridgehead atoms. The summed E-state index contributed by atoms with van der Waals surface area (Å²) in [5.41, 5.74) is 3.33. The average molecular weight is 922 g/mol. The van der Waals surface area contributed by atoms with Crippen molar-refractivity contribution in [3.8, 4) is 23.0 Å². The minimum absolute atomic E-state index is 0.0107. The molecular formula is C52H63N3O12. The van der Waals surface area contributed by atoms with Gasteiger partial charge in [0.15, 0.2) is 6.29 Å². The number of rotatable bonds is 23. The Labute approximate surface area is 392 Å². The number of aldehydes is 1. The number of methoxy groups -OCH3 is 1. The van der Waals surface area contributed by atoms with Gasteiger partial charge in [0.05, 0.1) is 42.4 Å². The van der Waals surface area contributed by atoms with Crippen molar-refractivity contribution < 1.29 is 53.2 Å². The molecule has 1 saturated carbocycles. The van der Waals surface area contributed by atoms with Crippen LogP contribution in [0.2, 0.25) is 0 Å². The Bertz CT molecular complexity index is 2290. The van der Waals surface area contributed by atoms with E-state index in [9.17, 15) is 29.9 Å². The summed E-state index contributed by atoms with van der Waals surface area (Å²) in [6, 6.07) is 16.0. The number of aliphatic hydroxyl groups excluding tert-OH is 2. The molecule has 0 spiro atoms. The molecule has 0 aromatic heterocycles. The van der Waals surface area contributed by atoms with Crippen molar-refractivity contribution in [3.63, 3.8) is 0 Å². The number of amides is 1. The lowest BCUT2D eigenvalue weighted by atomic mass is 9.55. The van der Waals surface area contributed by atoms with Gasteiger partial charge in [0.1, 0.15) is 29.0 Å². The maximum Gasteiger partial charge on any atom is 0.269 e. The monoisotopic (exact) mass is 921 g/mol. The molecule has 1 saturated heterocycles. The fourth-order valence-electron chi connectivity index (χ4n) is 10.3. The molecule has 2 heterocycles. The summed E-state index contributed by atoms with van der Waals surface area (Å²) in [5, 5.41) is 36.3. The third-order valence-corrected chi connectivity index (χ3v) is 13.3. The molecule has 7 atom stereocenters. The second-order valence-electron chi connectivity index (χ2n) is 17.5. The van der Waals surface area contributed by atoms with Crippen LogP contribution in [0.3, 0.4) is 0 Å². The van der Waals surface area contributed by atoms with Crippen LogP contribution in [0.15, 0.2) is 96.2 Å². The average Bonchev–Trinajstić information content (AvgIpc) is 3.35. The van der Waals surface area contributed by atoms with E-state index in [0.717, 1.165) is 55.9 Å². The summed E-state index contributed by atoms with van der Waals surface area (Å²) in [6.45, 7) is 7.15. The minimum Gasteiger partial charge on any atom is -0.496 e. The maximum absolute atomic E-state index is 14.8. The third kappa shape index (κ3) is 11.1. The fourth-order valence-corrected chi connectivity index (χ4v) is 10.3. The SMILES string of the molecule is C=CCO[C@@]12Oc3ccc(Oc4ccc(OC)c(C=O)c4)cc3[C@H]3[C@H](CCCCO)[C@@H](CCCCO)C=C(C(=NOC4CCCCO4)C[C@@H]1N(CCC)C(=O)C=Cc1ccc([N+](=O)[O-])cc1)[C@H]32. The Balaban J connectivity index is 1.42. The van der Waals surface area contributed by atoms with Crippen LogP contribution in [0.1, 0.15) is 105 Å². The summed E-state index contributed by atoms with van der Waals surface area (Å²) in [7, 11) is 1.50. The molecule has 15 heteroatoms. The van der Waals surface area contributed by atoms with Crippen LogP contribution < -0.4 is 14.2 Å². The molecular weight excluding hydrogens is 859 g/mol. The highest BCUT2D eigenvalue weighted by molar-refractivity contribution is 6.03. The number of nitrogens with zero attached hydrogens (tertiary/aromatic N) is 3. The van der Waals surface area contributed by atoms with E-state index in [1.807, 2.05) is 25.1 Å². The number of unbranched alkanes of at least 4 members (excludes halogenated alkanes) is 2. The number of oxime groups is 1. The molecule has 67 heavy (non-hydrogen) atoms. The fraction of sp³-hybridized carbons (Fsp3) is 0.481. The van der Waals surface area contributed by atoms with E-state index in [1.54, 1.807) is 47.4 Å². The molecule has 3 aromatic rings. The predicted molar refractivity (Wildman–Crippen MR) is 252 cm³/mol. The van der Waals surface area contributed by atoms with Crippen molar-refractivity contribution >= 4 is 29.7 Å². The van der Waals surface area contributed by atoms with Gasteiger partial charge in [-0.25, -0.2) is 0 Å². The molecule has 2 N–H and O–H groups in total. The van der Waals surface area contributed by atoms with Crippen LogP contribution in [0.25, 0.3) is 6.08 Å². The summed E-state index contributed by atoms with van der Waals surface area (Å²) in [5.74, 6) is -0.702.